The van der Waals surface area contributed by atoms with Crippen molar-refractivity contribution in [1.82, 2.24) is 9.78 Å². The minimum atomic E-state index is -1.30. The van der Waals surface area contributed by atoms with Gasteiger partial charge in [-0.1, -0.05) is 6.07 Å². The lowest BCUT2D eigenvalue weighted by molar-refractivity contribution is -0.132. The van der Waals surface area contributed by atoms with E-state index >= 15 is 0 Å². The number of allylic oxidation sites excluding steroid dienone is 1. The molecule has 2 aromatic carbocycles. The van der Waals surface area contributed by atoms with Crippen LogP contribution in [0.25, 0.3) is 0 Å². The fourth-order valence-corrected chi connectivity index (χ4v) is 3.22. The molecule has 0 saturated carbocycles. The number of fused-ring (bicyclic) bond motifs is 1. The number of anilines is 2. The van der Waals surface area contributed by atoms with Gasteiger partial charge in [0.15, 0.2) is 0 Å². The third-order valence-corrected chi connectivity index (χ3v) is 4.74. The Morgan fingerprint density at radius 1 is 1.19 bits per heavy atom. The molecule has 8 nitrogen and oxygen atoms in total. The summed E-state index contributed by atoms with van der Waals surface area (Å²) in [6.07, 6.45) is 2.48. The number of amides is 1. The summed E-state index contributed by atoms with van der Waals surface area (Å²) in [5.41, 5.74) is 0.278. The zero-order valence-electron chi connectivity index (χ0n) is 16.1. The second-order valence-corrected chi connectivity index (χ2v) is 6.66. The van der Waals surface area contributed by atoms with Gasteiger partial charge in [-0.3, -0.25) is 4.79 Å². The number of carboxylic acid groups (broad SMARTS) is 1. The number of rotatable bonds is 5. The van der Waals surface area contributed by atoms with Crippen LogP contribution in [-0.4, -0.2) is 33.9 Å². The van der Waals surface area contributed by atoms with Crippen LogP contribution in [0, 0.1) is 11.6 Å². The van der Waals surface area contributed by atoms with Gasteiger partial charge in [-0.25, -0.2) is 18.3 Å². The van der Waals surface area contributed by atoms with Crippen molar-refractivity contribution in [2.45, 2.75) is 6.04 Å². The first-order valence-electron chi connectivity index (χ1n) is 9.07. The van der Waals surface area contributed by atoms with Crippen molar-refractivity contribution in [1.29, 1.82) is 0 Å². The Labute approximate surface area is 174 Å². The van der Waals surface area contributed by atoms with Gasteiger partial charge in [-0.15, -0.1) is 0 Å². The molecular formula is C21H16F2N4O4. The Morgan fingerprint density at radius 3 is 2.58 bits per heavy atom. The van der Waals surface area contributed by atoms with E-state index in [1.54, 1.807) is 24.3 Å². The van der Waals surface area contributed by atoms with Crippen LogP contribution in [0.1, 0.15) is 22.0 Å². The maximum atomic E-state index is 14.4. The minimum absolute atomic E-state index is 0.00751. The molecule has 1 aliphatic heterocycles. The van der Waals surface area contributed by atoms with E-state index in [-0.39, 0.29) is 22.6 Å². The molecule has 3 N–H and O–H groups in total. The Kier molecular flexibility index (Phi) is 5.12. The molecule has 1 aliphatic rings. The van der Waals surface area contributed by atoms with Crippen LogP contribution in [0.15, 0.2) is 60.4 Å². The molecule has 31 heavy (non-hydrogen) atoms. The number of benzene rings is 2. The number of aliphatic carboxylic acids is 1. The van der Waals surface area contributed by atoms with Crippen molar-refractivity contribution in [3.05, 3.63) is 83.2 Å². The lowest BCUT2D eigenvalue weighted by atomic mass is 10.0. The van der Waals surface area contributed by atoms with Gasteiger partial charge in [0, 0.05) is 17.3 Å². The van der Waals surface area contributed by atoms with E-state index in [9.17, 15) is 23.5 Å². The first-order chi connectivity index (χ1) is 14.9. The van der Waals surface area contributed by atoms with Gasteiger partial charge in [-0.2, -0.15) is 5.10 Å². The van der Waals surface area contributed by atoms with Gasteiger partial charge < -0.3 is 20.5 Å². The average molecular weight is 426 g/mol. The van der Waals surface area contributed by atoms with Crippen LogP contribution in [0.4, 0.5) is 20.3 Å². The Balaban J connectivity index is 1.71. The first kappa shape index (κ1) is 20.1. The van der Waals surface area contributed by atoms with Crippen molar-refractivity contribution in [3.8, 4) is 5.75 Å². The summed E-state index contributed by atoms with van der Waals surface area (Å²) in [5.74, 6) is -2.80. The molecule has 4 rings (SSSR count). The second kappa shape index (κ2) is 7.90. The molecule has 0 spiro atoms. The molecule has 2 heterocycles. The summed E-state index contributed by atoms with van der Waals surface area (Å²) in [6.45, 7) is 0. The van der Waals surface area contributed by atoms with Crippen LogP contribution in [0.5, 0.6) is 5.75 Å². The second-order valence-electron chi connectivity index (χ2n) is 6.66. The zero-order valence-corrected chi connectivity index (χ0v) is 16.1. The van der Waals surface area contributed by atoms with Crippen LogP contribution in [0.2, 0.25) is 0 Å². The smallest absolute Gasteiger partial charge is 0.352 e. The number of nitrogens with zero attached hydrogens (tertiary/aromatic N) is 2. The molecule has 10 heteroatoms. The highest BCUT2D eigenvalue weighted by atomic mass is 19.1. The zero-order chi connectivity index (χ0) is 22.1. The van der Waals surface area contributed by atoms with E-state index in [2.05, 4.69) is 15.7 Å². The van der Waals surface area contributed by atoms with Gasteiger partial charge in [0.05, 0.1) is 13.3 Å². The number of carboxylic acids is 1. The van der Waals surface area contributed by atoms with E-state index in [1.165, 1.54) is 30.1 Å². The third-order valence-electron chi connectivity index (χ3n) is 4.74. The fourth-order valence-electron chi connectivity index (χ4n) is 3.22. The predicted octanol–water partition coefficient (Wildman–Crippen LogP) is 3.41. The lowest BCUT2D eigenvalue weighted by Gasteiger charge is -2.24. The van der Waals surface area contributed by atoms with Crippen LogP contribution < -0.4 is 15.4 Å². The molecule has 0 bridgehead atoms. The number of hydrogen-bond donors (Lipinski definition) is 3. The lowest BCUT2D eigenvalue weighted by Crippen LogP contribution is -2.26. The number of ether oxygens (including phenoxy) is 1. The molecule has 0 radical (unpaired) electrons. The number of methoxy groups -OCH3 is 1. The maximum absolute atomic E-state index is 14.4. The van der Waals surface area contributed by atoms with Gasteiger partial charge in [-0.05, 0) is 36.4 Å². The van der Waals surface area contributed by atoms with Crippen molar-refractivity contribution in [2.24, 2.45) is 0 Å². The number of carbonyl (C=O) groups excluding carboxylic acids is 1. The summed E-state index contributed by atoms with van der Waals surface area (Å²) in [7, 11) is 1.52. The number of nitrogens with one attached hydrogen (secondary N) is 2. The quantitative estimate of drug-likeness (QED) is 0.578. The van der Waals surface area contributed by atoms with Gasteiger partial charge in [0.1, 0.15) is 40.5 Å². The fraction of sp³-hybridized carbons (Fsp3) is 0.0952. The molecule has 0 fully saturated rings. The van der Waals surface area contributed by atoms with E-state index < -0.39 is 29.6 Å². The van der Waals surface area contributed by atoms with Crippen LogP contribution in [-0.2, 0) is 4.79 Å². The summed E-state index contributed by atoms with van der Waals surface area (Å²) in [4.78, 5) is 24.4. The molecule has 0 saturated heterocycles. The summed E-state index contributed by atoms with van der Waals surface area (Å²) in [5, 5.41) is 18.9. The highest BCUT2D eigenvalue weighted by molar-refractivity contribution is 6.08. The monoisotopic (exact) mass is 426 g/mol. The van der Waals surface area contributed by atoms with Crippen LogP contribution >= 0.6 is 0 Å². The Bertz CT molecular complexity index is 1200. The highest BCUT2D eigenvalue weighted by Gasteiger charge is 2.30. The summed E-state index contributed by atoms with van der Waals surface area (Å²) in [6, 6.07) is 8.59. The van der Waals surface area contributed by atoms with Crippen molar-refractivity contribution in [2.75, 3.05) is 17.7 Å². The molecule has 0 aliphatic carbocycles. The number of hydrogen-bond acceptors (Lipinski definition) is 5. The molecular weight excluding hydrogens is 410 g/mol. The van der Waals surface area contributed by atoms with E-state index in [4.69, 9.17) is 4.74 Å². The van der Waals surface area contributed by atoms with E-state index in [0.717, 1.165) is 6.07 Å². The van der Waals surface area contributed by atoms with Gasteiger partial charge in [0.25, 0.3) is 5.91 Å². The molecule has 3 aromatic rings. The molecule has 158 valence electrons. The number of halogens is 2. The number of aromatic nitrogens is 2. The highest BCUT2D eigenvalue weighted by Crippen LogP contribution is 2.33. The third kappa shape index (κ3) is 3.82. The largest absolute Gasteiger partial charge is 0.497 e. The van der Waals surface area contributed by atoms with Crippen molar-refractivity contribution in [3.63, 3.8) is 0 Å². The van der Waals surface area contributed by atoms with Gasteiger partial charge in [0.2, 0.25) is 0 Å². The standard InChI is InChI=1S/C21H16F2N4O4/c1-31-13-5-3-12(4-6-13)25-20(28)15-10-24-27-18(9-17(21(29)30)26-19(15)27)14-7-2-11(22)8-16(14)23/h2-10,18,26H,1H3,(H,25,28)(H,29,30)/t18-/m0/s1. The number of carbonyl (C=O) groups is 2. The predicted molar refractivity (Wildman–Crippen MR) is 107 cm³/mol. The van der Waals surface area contributed by atoms with Crippen LogP contribution in [0.3, 0.4) is 0 Å². The summed E-state index contributed by atoms with van der Waals surface area (Å²) >= 11 is 0. The molecule has 1 amide bonds. The Morgan fingerprint density at radius 2 is 1.94 bits per heavy atom. The van der Waals surface area contributed by atoms with Gasteiger partial charge >= 0.3 is 5.97 Å². The molecule has 0 unspecified atom stereocenters. The summed E-state index contributed by atoms with van der Waals surface area (Å²) < 4.78 is 34.1. The first-order valence-corrected chi connectivity index (χ1v) is 9.07. The molecule has 1 aromatic heterocycles. The SMILES string of the molecule is COc1ccc(NC(=O)c2cnn3c2NC(C(=O)O)=C[C@H]3c2ccc(F)cc2F)cc1. The van der Waals surface area contributed by atoms with Crippen molar-refractivity contribution >= 4 is 23.4 Å². The van der Waals surface area contributed by atoms with E-state index in [1.807, 2.05) is 0 Å². The minimum Gasteiger partial charge on any atom is -0.497 e. The Hall–Kier alpha value is -4.21. The maximum Gasteiger partial charge on any atom is 0.352 e. The average Bonchev–Trinajstić information content (AvgIpc) is 3.18. The van der Waals surface area contributed by atoms with E-state index in [0.29, 0.717) is 17.5 Å². The van der Waals surface area contributed by atoms with Crippen molar-refractivity contribution < 1.29 is 28.2 Å². The molecule has 1 atom stereocenters. The topological polar surface area (TPSA) is 105 Å². The normalized spacial score (nSPS) is 14.8.